The lowest BCUT2D eigenvalue weighted by Gasteiger charge is -1.96. The van der Waals surface area contributed by atoms with Crippen molar-refractivity contribution in [3.63, 3.8) is 0 Å². The van der Waals surface area contributed by atoms with Gasteiger partial charge < -0.3 is 0 Å². The highest BCUT2D eigenvalue weighted by molar-refractivity contribution is 9.11. The van der Waals surface area contributed by atoms with Crippen LogP contribution in [0, 0.1) is 0 Å². The maximum absolute atomic E-state index is 4.30. The molecule has 0 saturated carbocycles. The number of hydrogen-bond donors (Lipinski definition) is 0. The summed E-state index contributed by atoms with van der Waals surface area (Å²) in [6, 6.07) is 5.94. The Bertz CT molecular complexity index is 480. The van der Waals surface area contributed by atoms with Gasteiger partial charge in [-0.1, -0.05) is 6.07 Å². The van der Waals surface area contributed by atoms with E-state index in [0.29, 0.717) is 5.82 Å². The van der Waals surface area contributed by atoms with Crippen molar-refractivity contribution in [3.8, 4) is 0 Å². The van der Waals surface area contributed by atoms with Gasteiger partial charge in [-0.15, -0.1) is 11.3 Å². The van der Waals surface area contributed by atoms with Crippen molar-refractivity contribution in [2.24, 2.45) is 4.99 Å². The second kappa shape index (κ2) is 5.01. The van der Waals surface area contributed by atoms with E-state index in [9.17, 15) is 0 Å². The first-order valence-electron chi connectivity index (χ1n) is 4.14. The molecule has 0 aliphatic rings. The van der Waals surface area contributed by atoms with Crippen LogP contribution in [0.3, 0.4) is 0 Å². The molecule has 15 heavy (non-hydrogen) atoms. The van der Waals surface area contributed by atoms with Gasteiger partial charge in [0.05, 0.1) is 4.47 Å². The predicted molar refractivity (Wildman–Crippen MR) is 71.2 cm³/mol. The molecule has 0 aliphatic carbocycles. The van der Waals surface area contributed by atoms with Crippen LogP contribution in [0.5, 0.6) is 0 Å². The van der Waals surface area contributed by atoms with Gasteiger partial charge in [0.25, 0.3) is 0 Å². The van der Waals surface area contributed by atoms with E-state index in [4.69, 9.17) is 0 Å². The largest absolute Gasteiger partial charge is 0.235 e. The Hall–Kier alpha value is -0.520. The molecule has 0 aliphatic heterocycles. The van der Waals surface area contributed by atoms with Crippen molar-refractivity contribution in [2.45, 2.75) is 0 Å². The molecular weight excluding hydrogens is 340 g/mol. The van der Waals surface area contributed by atoms with Crippen LogP contribution >= 0.6 is 43.2 Å². The van der Waals surface area contributed by atoms with Crippen molar-refractivity contribution in [1.82, 2.24) is 4.98 Å². The number of thiophene rings is 1. The number of rotatable bonds is 2. The number of hydrogen-bond acceptors (Lipinski definition) is 3. The maximum atomic E-state index is 4.30. The van der Waals surface area contributed by atoms with Gasteiger partial charge in [0.15, 0.2) is 5.82 Å². The molecule has 2 nitrogen and oxygen atoms in total. The van der Waals surface area contributed by atoms with Crippen LogP contribution in [0.25, 0.3) is 0 Å². The smallest absolute Gasteiger partial charge is 0.166 e. The van der Waals surface area contributed by atoms with Crippen LogP contribution < -0.4 is 0 Å². The Kier molecular flexibility index (Phi) is 3.66. The first-order valence-corrected chi connectivity index (χ1v) is 6.61. The summed E-state index contributed by atoms with van der Waals surface area (Å²) in [6.07, 6.45) is 3.54. The van der Waals surface area contributed by atoms with Crippen LogP contribution in [-0.2, 0) is 0 Å². The van der Waals surface area contributed by atoms with Crippen molar-refractivity contribution in [3.05, 3.63) is 43.6 Å². The lowest BCUT2D eigenvalue weighted by atomic mass is 10.4. The van der Waals surface area contributed by atoms with Crippen LogP contribution in [-0.4, -0.2) is 11.2 Å². The standard InChI is InChI=1S/C10H6Br2N2S/c11-7-4-9(12)10(13-5-7)14-6-8-2-1-3-15-8/h1-6H/b14-6+. The Morgan fingerprint density at radius 2 is 2.27 bits per heavy atom. The lowest BCUT2D eigenvalue weighted by molar-refractivity contribution is 1.25. The zero-order chi connectivity index (χ0) is 10.7. The fourth-order valence-electron chi connectivity index (χ4n) is 0.992. The third-order valence-electron chi connectivity index (χ3n) is 1.65. The van der Waals surface area contributed by atoms with Crippen molar-refractivity contribution in [1.29, 1.82) is 0 Å². The molecule has 0 radical (unpaired) electrons. The monoisotopic (exact) mass is 344 g/mol. The molecule has 2 heterocycles. The summed E-state index contributed by atoms with van der Waals surface area (Å²) >= 11 is 8.40. The number of aromatic nitrogens is 1. The molecule has 5 heteroatoms. The molecule has 76 valence electrons. The first kappa shape index (κ1) is 11.0. The minimum Gasteiger partial charge on any atom is -0.235 e. The average molecular weight is 346 g/mol. The molecule has 0 saturated heterocycles. The van der Waals surface area contributed by atoms with Crippen LogP contribution in [0.1, 0.15) is 4.88 Å². The van der Waals surface area contributed by atoms with E-state index in [-0.39, 0.29) is 0 Å². The van der Waals surface area contributed by atoms with Crippen molar-refractivity contribution < 1.29 is 0 Å². The van der Waals surface area contributed by atoms with Crippen LogP contribution in [0.15, 0.2) is 43.7 Å². The summed E-state index contributed by atoms with van der Waals surface area (Å²) in [4.78, 5) is 9.60. The van der Waals surface area contributed by atoms with E-state index < -0.39 is 0 Å². The predicted octanol–water partition coefficient (Wildman–Crippen LogP) is 4.42. The second-order valence-corrected chi connectivity index (χ2v) is 5.48. The molecule has 0 amide bonds. The zero-order valence-electron chi connectivity index (χ0n) is 7.52. The zero-order valence-corrected chi connectivity index (χ0v) is 11.5. The number of halogens is 2. The van der Waals surface area contributed by atoms with Gasteiger partial charge in [-0.05, 0) is 49.4 Å². The minimum atomic E-state index is 0.687. The van der Waals surface area contributed by atoms with Gasteiger partial charge in [0, 0.05) is 21.8 Å². The van der Waals surface area contributed by atoms with Crippen molar-refractivity contribution >= 4 is 55.2 Å². The average Bonchev–Trinajstić information content (AvgIpc) is 2.69. The SMILES string of the molecule is Brc1cnc(/N=C/c2cccs2)c(Br)c1. The molecule has 0 atom stereocenters. The van der Waals surface area contributed by atoms with E-state index in [1.165, 1.54) is 0 Å². The van der Waals surface area contributed by atoms with E-state index in [1.54, 1.807) is 17.5 Å². The number of pyridine rings is 1. The maximum Gasteiger partial charge on any atom is 0.166 e. The molecule has 2 rings (SSSR count). The quantitative estimate of drug-likeness (QED) is 0.739. The normalized spacial score (nSPS) is 11.1. The number of nitrogens with zero attached hydrogens (tertiary/aromatic N) is 2. The molecule has 0 unspecified atom stereocenters. The molecule has 0 bridgehead atoms. The molecule has 2 aromatic rings. The summed E-state index contributed by atoms with van der Waals surface area (Å²) in [7, 11) is 0. The van der Waals surface area contributed by atoms with Crippen molar-refractivity contribution in [2.75, 3.05) is 0 Å². The summed E-state index contributed by atoms with van der Waals surface area (Å²) < 4.78 is 1.81. The fourth-order valence-corrected chi connectivity index (χ4v) is 2.67. The summed E-state index contributed by atoms with van der Waals surface area (Å²) in [5.41, 5.74) is 0. The second-order valence-electron chi connectivity index (χ2n) is 2.73. The van der Waals surface area contributed by atoms with E-state index >= 15 is 0 Å². The molecule has 0 spiro atoms. The third-order valence-corrected chi connectivity index (χ3v) is 3.47. The van der Waals surface area contributed by atoms with E-state index in [0.717, 1.165) is 13.8 Å². The molecular formula is C10H6Br2N2S. The lowest BCUT2D eigenvalue weighted by Crippen LogP contribution is -1.78. The molecule has 2 aromatic heterocycles. The van der Waals surface area contributed by atoms with Gasteiger partial charge in [0.2, 0.25) is 0 Å². The van der Waals surface area contributed by atoms with Gasteiger partial charge in [-0.2, -0.15) is 0 Å². The van der Waals surface area contributed by atoms with Gasteiger partial charge in [-0.3, -0.25) is 0 Å². The highest BCUT2D eigenvalue weighted by atomic mass is 79.9. The first-order chi connectivity index (χ1) is 7.25. The van der Waals surface area contributed by atoms with Gasteiger partial charge in [0.1, 0.15) is 0 Å². The van der Waals surface area contributed by atoms with Gasteiger partial charge in [-0.25, -0.2) is 9.98 Å². The summed E-state index contributed by atoms with van der Waals surface area (Å²) in [6.45, 7) is 0. The number of aliphatic imine (C=N–C) groups is 1. The molecule has 0 fully saturated rings. The third kappa shape index (κ3) is 2.96. The molecule has 0 aromatic carbocycles. The fraction of sp³-hybridized carbons (Fsp3) is 0. The van der Waals surface area contributed by atoms with Crippen LogP contribution in [0.4, 0.5) is 5.82 Å². The Balaban J connectivity index is 2.24. The Labute approximate surface area is 108 Å². The van der Waals surface area contributed by atoms with Gasteiger partial charge >= 0.3 is 0 Å². The summed E-state index contributed by atoms with van der Waals surface area (Å²) in [5, 5.41) is 2.02. The molecule has 0 N–H and O–H groups in total. The van der Waals surface area contributed by atoms with Crippen LogP contribution in [0.2, 0.25) is 0 Å². The highest BCUT2D eigenvalue weighted by Gasteiger charge is 1.99. The highest BCUT2D eigenvalue weighted by Crippen LogP contribution is 2.25. The Morgan fingerprint density at radius 3 is 2.93 bits per heavy atom. The Morgan fingerprint density at radius 1 is 1.40 bits per heavy atom. The topological polar surface area (TPSA) is 25.2 Å². The van der Waals surface area contributed by atoms with E-state index in [1.807, 2.05) is 29.8 Å². The minimum absolute atomic E-state index is 0.687. The van der Waals surface area contributed by atoms with E-state index in [2.05, 4.69) is 41.8 Å². The summed E-state index contributed by atoms with van der Waals surface area (Å²) in [5.74, 6) is 0.687.